The number of hydrogen-bond acceptors (Lipinski definition) is 5. The van der Waals surface area contributed by atoms with Crippen LogP contribution in [0, 0.1) is 0 Å². The maximum Gasteiger partial charge on any atom is 0.238 e. The Hall–Kier alpha value is -9.59. The van der Waals surface area contributed by atoms with Gasteiger partial charge in [0.25, 0.3) is 0 Å². The minimum Gasteiger partial charge on any atom is -0.456 e. The number of aromatic nitrogens is 5. The normalized spacial score (nSPS) is 12.0. The molecule has 7 nitrogen and oxygen atoms in total. The first-order valence-electron chi connectivity index (χ1n) is 23.5. The molecule has 5 heterocycles. The van der Waals surface area contributed by atoms with Gasteiger partial charge in [-0.05, 0) is 95.1 Å². The highest BCUT2D eigenvalue weighted by atomic mass is 16.3. The van der Waals surface area contributed by atoms with Crippen molar-refractivity contribution in [2.24, 2.45) is 0 Å². The van der Waals surface area contributed by atoms with Crippen molar-refractivity contribution in [3.05, 3.63) is 224 Å². The van der Waals surface area contributed by atoms with Gasteiger partial charge in [-0.25, -0.2) is 4.98 Å². The number of benzene rings is 10. The Bertz CT molecular complexity index is 4530. The summed E-state index contributed by atoms with van der Waals surface area (Å²) in [5.74, 6) is 1.71. The molecular weight excluding hydrogens is 859 g/mol. The van der Waals surface area contributed by atoms with Crippen LogP contribution in [0.3, 0.4) is 0 Å². The van der Waals surface area contributed by atoms with Gasteiger partial charge in [-0.2, -0.15) is 9.97 Å². The molecule has 10 aromatic carbocycles. The van der Waals surface area contributed by atoms with Crippen molar-refractivity contribution >= 4 is 87.5 Å². The van der Waals surface area contributed by atoms with E-state index in [1.807, 2.05) is 72.8 Å². The predicted octanol–water partition coefficient (Wildman–Crippen LogP) is 16.5. The molecule has 15 aromatic rings. The number of nitrogens with zero attached hydrogens (tertiary/aromatic N) is 5. The van der Waals surface area contributed by atoms with Gasteiger partial charge in [0.15, 0.2) is 11.6 Å². The zero-order valence-corrected chi connectivity index (χ0v) is 37.4. The molecule has 0 spiro atoms. The van der Waals surface area contributed by atoms with Crippen molar-refractivity contribution < 1.29 is 8.83 Å². The van der Waals surface area contributed by atoms with Gasteiger partial charge in [0.2, 0.25) is 5.95 Å². The topological polar surface area (TPSA) is 74.8 Å². The van der Waals surface area contributed by atoms with Crippen molar-refractivity contribution in [2.75, 3.05) is 0 Å². The zero-order chi connectivity index (χ0) is 45.9. The van der Waals surface area contributed by atoms with Gasteiger partial charge in [0.05, 0.1) is 22.1 Å². The van der Waals surface area contributed by atoms with Gasteiger partial charge in [0.1, 0.15) is 22.3 Å². The molecule has 0 amide bonds. The minimum atomic E-state index is 0.522. The third-order valence-electron chi connectivity index (χ3n) is 14.0. The molecule has 0 bridgehead atoms. The number of fused-ring (bicyclic) bond motifs is 12. The molecule has 7 heteroatoms. The van der Waals surface area contributed by atoms with Crippen LogP contribution in [0.2, 0.25) is 0 Å². The Kier molecular flexibility index (Phi) is 8.23. The van der Waals surface area contributed by atoms with Gasteiger partial charge in [-0.15, -0.1) is 0 Å². The molecule has 0 aliphatic carbocycles. The molecule has 0 saturated heterocycles. The van der Waals surface area contributed by atoms with Crippen molar-refractivity contribution in [3.63, 3.8) is 0 Å². The number of para-hydroxylation sites is 3. The van der Waals surface area contributed by atoms with Crippen LogP contribution in [0.25, 0.3) is 144 Å². The van der Waals surface area contributed by atoms with E-state index in [4.69, 9.17) is 23.8 Å². The molecule has 0 aliphatic heterocycles. The highest BCUT2D eigenvalue weighted by Gasteiger charge is 2.22. The lowest BCUT2D eigenvalue weighted by Crippen LogP contribution is -2.06. The quantitative estimate of drug-likeness (QED) is 0.166. The summed E-state index contributed by atoms with van der Waals surface area (Å²) in [5, 5.41) is 8.83. The van der Waals surface area contributed by atoms with E-state index in [9.17, 15) is 0 Å². The lowest BCUT2D eigenvalue weighted by Gasteiger charge is -2.11. The van der Waals surface area contributed by atoms with Crippen LogP contribution in [0.4, 0.5) is 0 Å². The lowest BCUT2D eigenvalue weighted by atomic mass is 9.96. The fraction of sp³-hybridized carbons (Fsp3) is 0. The first-order valence-corrected chi connectivity index (χ1v) is 23.5. The molecule has 0 radical (unpaired) electrons. The first-order chi connectivity index (χ1) is 34.7. The Labute approximate surface area is 399 Å². The van der Waals surface area contributed by atoms with Crippen LogP contribution >= 0.6 is 0 Å². The second kappa shape index (κ2) is 15.0. The van der Waals surface area contributed by atoms with Crippen LogP contribution in [0.15, 0.2) is 233 Å². The molecule has 0 aliphatic rings. The smallest absolute Gasteiger partial charge is 0.238 e. The molecule has 0 unspecified atom stereocenters. The molecule has 0 saturated carbocycles. The van der Waals surface area contributed by atoms with Gasteiger partial charge >= 0.3 is 0 Å². The zero-order valence-electron chi connectivity index (χ0n) is 37.4. The van der Waals surface area contributed by atoms with E-state index in [1.165, 1.54) is 21.8 Å². The Morgan fingerprint density at radius 3 is 1.60 bits per heavy atom. The van der Waals surface area contributed by atoms with Gasteiger partial charge in [0, 0.05) is 66.0 Å². The standard InChI is InChI=1S/C63H37N5O2/c1-4-15-38(16-5-1)61-64-62(39-17-6-2-7-18-39)66-63(65-61)68-54-31-28-42(35-48(54)49-36-50-46-22-11-13-25-56(46)70-59(50)37-55(49)68)44-23-14-26-58-60(44)51-34-41(29-32-57(51)69-58)40-27-30-53-47(33-40)45-21-10-12-24-52(45)67(53)43-19-8-3-9-20-43/h1-37H. The molecule has 15 rings (SSSR count). The van der Waals surface area contributed by atoms with Crippen molar-refractivity contribution in [2.45, 2.75) is 0 Å². The summed E-state index contributed by atoms with van der Waals surface area (Å²) in [7, 11) is 0. The third-order valence-corrected chi connectivity index (χ3v) is 14.0. The van der Waals surface area contributed by atoms with Crippen LogP contribution in [-0.2, 0) is 0 Å². The van der Waals surface area contributed by atoms with Gasteiger partial charge in [-0.1, -0.05) is 146 Å². The summed E-state index contributed by atoms with van der Waals surface area (Å²) in [5.41, 5.74) is 15.0. The Morgan fingerprint density at radius 2 is 0.829 bits per heavy atom. The lowest BCUT2D eigenvalue weighted by molar-refractivity contribution is 0.668. The summed E-state index contributed by atoms with van der Waals surface area (Å²) in [6.45, 7) is 0. The van der Waals surface area contributed by atoms with E-state index in [-0.39, 0.29) is 0 Å². The Balaban J connectivity index is 0.936. The van der Waals surface area contributed by atoms with Crippen LogP contribution in [0.5, 0.6) is 0 Å². The molecule has 0 atom stereocenters. The fourth-order valence-electron chi connectivity index (χ4n) is 10.8. The highest BCUT2D eigenvalue weighted by Crippen LogP contribution is 2.44. The monoisotopic (exact) mass is 895 g/mol. The third kappa shape index (κ3) is 5.85. The van der Waals surface area contributed by atoms with Crippen LogP contribution in [-0.4, -0.2) is 24.1 Å². The Morgan fingerprint density at radius 1 is 0.286 bits per heavy atom. The second-order valence-electron chi connectivity index (χ2n) is 18.0. The maximum atomic E-state index is 6.64. The average molecular weight is 896 g/mol. The molecule has 70 heavy (non-hydrogen) atoms. The van der Waals surface area contributed by atoms with Crippen molar-refractivity contribution in [1.82, 2.24) is 24.1 Å². The van der Waals surface area contributed by atoms with E-state index in [0.717, 1.165) is 105 Å². The fourth-order valence-corrected chi connectivity index (χ4v) is 10.8. The molecule has 0 fully saturated rings. The van der Waals surface area contributed by atoms with E-state index >= 15 is 0 Å². The van der Waals surface area contributed by atoms with Crippen molar-refractivity contribution in [1.29, 1.82) is 0 Å². The van der Waals surface area contributed by atoms with E-state index in [1.54, 1.807) is 0 Å². The number of hydrogen-bond donors (Lipinski definition) is 0. The molecule has 5 aromatic heterocycles. The van der Waals surface area contributed by atoms with Gasteiger partial charge in [-0.3, -0.25) is 4.57 Å². The van der Waals surface area contributed by atoms with Crippen molar-refractivity contribution in [3.8, 4) is 56.7 Å². The van der Waals surface area contributed by atoms with E-state index in [2.05, 4.69) is 161 Å². The highest BCUT2D eigenvalue weighted by molar-refractivity contribution is 6.19. The van der Waals surface area contributed by atoms with E-state index in [0.29, 0.717) is 17.6 Å². The number of furan rings is 2. The van der Waals surface area contributed by atoms with E-state index < -0.39 is 0 Å². The number of rotatable bonds is 6. The molecular formula is C63H37N5O2. The SMILES string of the molecule is c1ccc(-c2nc(-c3ccccc3)nc(-n3c4ccc(-c5cccc6oc7ccc(-c8ccc9c(c8)c8ccccc8n9-c8ccccc8)cc7c56)cc4c4cc5c(cc43)oc3ccccc35)n2)cc1. The first kappa shape index (κ1) is 38.5. The van der Waals surface area contributed by atoms with Crippen LogP contribution < -0.4 is 0 Å². The molecule has 0 N–H and O–H groups in total. The second-order valence-corrected chi connectivity index (χ2v) is 18.0. The summed E-state index contributed by atoms with van der Waals surface area (Å²) in [4.78, 5) is 15.5. The summed E-state index contributed by atoms with van der Waals surface area (Å²) in [6.07, 6.45) is 0. The predicted molar refractivity (Wildman–Crippen MR) is 285 cm³/mol. The summed E-state index contributed by atoms with van der Waals surface area (Å²) in [6, 6.07) is 78.7. The largest absolute Gasteiger partial charge is 0.456 e. The van der Waals surface area contributed by atoms with Crippen LogP contribution in [0.1, 0.15) is 0 Å². The maximum absolute atomic E-state index is 6.64. The average Bonchev–Trinajstić information content (AvgIpc) is 4.17. The minimum absolute atomic E-state index is 0.522. The summed E-state index contributed by atoms with van der Waals surface area (Å²) < 4.78 is 17.7. The van der Waals surface area contributed by atoms with Gasteiger partial charge < -0.3 is 13.4 Å². The molecule has 326 valence electrons. The summed E-state index contributed by atoms with van der Waals surface area (Å²) >= 11 is 0.